The molecular weight excluding hydrogens is 351 g/mol. The van der Waals surface area contributed by atoms with Gasteiger partial charge in [0.25, 0.3) is 0 Å². The molecule has 100 valence electrons. The number of hydrogen-bond donors (Lipinski definition) is 0. The number of carbonyl (C=O) groups excluding carboxylic acids is 1. The fraction of sp³-hybridized carbons (Fsp3) is 0.231. The minimum Gasteiger partial charge on any atom is -0.287 e. The summed E-state index contributed by atoms with van der Waals surface area (Å²) in [7, 11) is 0. The molecule has 0 fully saturated rings. The van der Waals surface area contributed by atoms with Crippen LogP contribution < -0.4 is 0 Å². The van der Waals surface area contributed by atoms with Gasteiger partial charge < -0.3 is 0 Å². The van der Waals surface area contributed by atoms with Crippen molar-refractivity contribution in [3.05, 3.63) is 50.2 Å². The summed E-state index contributed by atoms with van der Waals surface area (Å²) in [5, 5.41) is 5.04. The van der Waals surface area contributed by atoms with Crippen molar-refractivity contribution >= 4 is 44.9 Å². The van der Waals surface area contributed by atoms with Gasteiger partial charge in [-0.15, -0.1) is 0 Å². The second kappa shape index (κ2) is 6.07. The molecule has 0 unspecified atom stereocenters. The van der Waals surface area contributed by atoms with Crippen LogP contribution in [0.3, 0.4) is 0 Å². The third-order valence-electron chi connectivity index (χ3n) is 2.63. The molecule has 0 atom stereocenters. The summed E-state index contributed by atoms with van der Waals surface area (Å²) in [4.78, 5) is 12.5. The SMILES string of the molecule is CCCn1ncc(Cl)c1C(=O)c1ccc(Cl)c(Br)c1. The van der Waals surface area contributed by atoms with Crippen LogP contribution in [0.15, 0.2) is 28.9 Å². The Kier molecular flexibility index (Phi) is 4.66. The molecule has 0 saturated carbocycles. The summed E-state index contributed by atoms with van der Waals surface area (Å²) >= 11 is 15.3. The number of aryl methyl sites for hydroxylation is 1. The van der Waals surface area contributed by atoms with Gasteiger partial charge in [-0.25, -0.2) is 0 Å². The maximum absolute atomic E-state index is 12.5. The molecule has 0 N–H and O–H groups in total. The Hall–Kier alpha value is -0.840. The van der Waals surface area contributed by atoms with Crippen molar-refractivity contribution in [3.8, 4) is 0 Å². The molecule has 6 heteroatoms. The molecule has 19 heavy (non-hydrogen) atoms. The molecule has 0 amide bonds. The lowest BCUT2D eigenvalue weighted by atomic mass is 10.1. The van der Waals surface area contributed by atoms with Gasteiger partial charge in [0.15, 0.2) is 0 Å². The number of nitrogens with zero attached hydrogens (tertiary/aromatic N) is 2. The molecule has 2 rings (SSSR count). The van der Waals surface area contributed by atoms with E-state index < -0.39 is 0 Å². The molecule has 1 aromatic carbocycles. The van der Waals surface area contributed by atoms with E-state index in [1.165, 1.54) is 6.20 Å². The monoisotopic (exact) mass is 360 g/mol. The van der Waals surface area contributed by atoms with Gasteiger partial charge in [0, 0.05) is 16.6 Å². The maximum Gasteiger partial charge on any atom is 0.212 e. The van der Waals surface area contributed by atoms with Gasteiger partial charge in [-0.3, -0.25) is 9.48 Å². The summed E-state index contributed by atoms with van der Waals surface area (Å²) in [6, 6.07) is 5.03. The number of rotatable bonds is 4. The van der Waals surface area contributed by atoms with E-state index in [1.807, 2.05) is 6.92 Å². The maximum atomic E-state index is 12.5. The fourth-order valence-electron chi connectivity index (χ4n) is 1.74. The Bertz CT molecular complexity index is 625. The van der Waals surface area contributed by atoms with Crippen LogP contribution in [-0.2, 0) is 6.54 Å². The highest BCUT2D eigenvalue weighted by Crippen LogP contribution is 2.26. The van der Waals surface area contributed by atoms with Gasteiger partial charge in [-0.05, 0) is 40.5 Å². The lowest BCUT2D eigenvalue weighted by molar-refractivity contribution is 0.102. The Morgan fingerprint density at radius 2 is 2.11 bits per heavy atom. The van der Waals surface area contributed by atoms with E-state index in [1.54, 1.807) is 22.9 Å². The summed E-state index contributed by atoms with van der Waals surface area (Å²) in [5.41, 5.74) is 0.939. The van der Waals surface area contributed by atoms with E-state index in [2.05, 4.69) is 21.0 Å². The largest absolute Gasteiger partial charge is 0.287 e. The van der Waals surface area contributed by atoms with E-state index >= 15 is 0 Å². The van der Waals surface area contributed by atoms with Crippen LogP contribution in [-0.4, -0.2) is 15.6 Å². The summed E-state index contributed by atoms with van der Waals surface area (Å²) in [6.07, 6.45) is 2.37. The number of halogens is 3. The zero-order chi connectivity index (χ0) is 14.0. The first-order valence-electron chi connectivity index (χ1n) is 5.75. The van der Waals surface area contributed by atoms with Crippen LogP contribution in [0.4, 0.5) is 0 Å². The topological polar surface area (TPSA) is 34.9 Å². The van der Waals surface area contributed by atoms with Gasteiger partial charge in [-0.2, -0.15) is 5.10 Å². The minimum atomic E-state index is -0.159. The molecule has 1 heterocycles. The Labute approximate surface area is 129 Å². The van der Waals surface area contributed by atoms with Crippen molar-refractivity contribution in [3.63, 3.8) is 0 Å². The molecule has 0 aliphatic rings. The highest BCUT2D eigenvalue weighted by Gasteiger charge is 2.19. The summed E-state index contributed by atoms with van der Waals surface area (Å²) in [5.74, 6) is -0.159. The van der Waals surface area contributed by atoms with Crippen molar-refractivity contribution in [1.29, 1.82) is 0 Å². The van der Waals surface area contributed by atoms with Gasteiger partial charge in [0.2, 0.25) is 5.78 Å². The standard InChI is InChI=1S/C13H11BrCl2N2O/c1-2-5-18-12(11(16)7-17-18)13(19)8-3-4-10(15)9(14)6-8/h3-4,6-7H,2,5H2,1H3. The molecule has 0 radical (unpaired) electrons. The average molecular weight is 362 g/mol. The zero-order valence-corrected chi connectivity index (χ0v) is 13.3. The van der Waals surface area contributed by atoms with Gasteiger partial charge in [0.1, 0.15) is 5.69 Å². The predicted octanol–water partition coefficient (Wildman–Crippen LogP) is 4.59. The smallest absolute Gasteiger partial charge is 0.212 e. The lowest BCUT2D eigenvalue weighted by Crippen LogP contribution is -2.12. The number of hydrogen-bond acceptors (Lipinski definition) is 2. The van der Waals surface area contributed by atoms with Crippen LogP contribution in [0.25, 0.3) is 0 Å². The first kappa shape index (κ1) is 14.6. The normalized spacial score (nSPS) is 10.7. The molecule has 2 aromatic rings. The van der Waals surface area contributed by atoms with Crippen molar-refractivity contribution in [2.45, 2.75) is 19.9 Å². The van der Waals surface area contributed by atoms with Gasteiger partial charge in [-0.1, -0.05) is 30.1 Å². The Balaban J connectivity index is 2.43. The number of carbonyl (C=O) groups is 1. The van der Waals surface area contributed by atoms with Crippen molar-refractivity contribution in [1.82, 2.24) is 9.78 Å². The molecule has 0 bridgehead atoms. The van der Waals surface area contributed by atoms with E-state index in [4.69, 9.17) is 23.2 Å². The predicted molar refractivity (Wildman–Crippen MR) is 80.1 cm³/mol. The Morgan fingerprint density at radius 3 is 2.74 bits per heavy atom. The van der Waals surface area contributed by atoms with Gasteiger partial charge in [0.05, 0.1) is 16.2 Å². The third-order valence-corrected chi connectivity index (χ3v) is 4.12. The zero-order valence-electron chi connectivity index (χ0n) is 10.2. The van der Waals surface area contributed by atoms with Crippen LogP contribution in [0.5, 0.6) is 0 Å². The van der Waals surface area contributed by atoms with Crippen molar-refractivity contribution < 1.29 is 4.79 Å². The van der Waals surface area contributed by atoms with E-state index in [-0.39, 0.29) is 5.78 Å². The third kappa shape index (κ3) is 3.02. The Morgan fingerprint density at radius 1 is 1.37 bits per heavy atom. The van der Waals surface area contributed by atoms with Crippen molar-refractivity contribution in [2.24, 2.45) is 0 Å². The molecule has 1 aromatic heterocycles. The molecule has 0 saturated heterocycles. The van der Waals surface area contributed by atoms with Crippen LogP contribution in [0, 0.1) is 0 Å². The first-order chi connectivity index (χ1) is 9.04. The quantitative estimate of drug-likeness (QED) is 0.746. The number of benzene rings is 1. The van der Waals surface area contributed by atoms with Crippen molar-refractivity contribution in [2.75, 3.05) is 0 Å². The van der Waals surface area contributed by atoms with Crippen LogP contribution >= 0.6 is 39.1 Å². The van der Waals surface area contributed by atoms with Gasteiger partial charge >= 0.3 is 0 Å². The summed E-state index contributed by atoms with van der Waals surface area (Å²) in [6.45, 7) is 2.67. The number of ketones is 1. The highest BCUT2D eigenvalue weighted by molar-refractivity contribution is 9.10. The molecule has 0 aliphatic heterocycles. The summed E-state index contributed by atoms with van der Waals surface area (Å²) < 4.78 is 2.31. The van der Waals surface area contributed by atoms with E-state index in [0.717, 1.165) is 6.42 Å². The first-order valence-corrected chi connectivity index (χ1v) is 7.30. The van der Waals surface area contributed by atoms with E-state index in [0.29, 0.717) is 32.3 Å². The minimum absolute atomic E-state index is 0.159. The van der Waals surface area contributed by atoms with Crippen LogP contribution in [0.1, 0.15) is 29.4 Å². The molecule has 0 spiro atoms. The average Bonchev–Trinajstić information content (AvgIpc) is 2.74. The van der Waals surface area contributed by atoms with Crippen LogP contribution in [0.2, 0.25) is 10.0 Å². The molecule has 0 aliphatic carbocycles. The second-order valence-electron chi connectivity index (χ2n) is 4.02. The lowest BCUT2D eigenvalue weighted by Gasteiger charge is -2.07. The highest BCUT2D eigenvalue weighted by atomic mass is 79.9. The fourth-order valence-corrected chi connectivity index (χ4v) is 2.47. The molecular formula is C13H11BrCl2N2O. The second-order valence-corrected chi connectivity index (χ2v) is 5.69. The molecule has 3 nitrogen and oxygen atoms in total. The number of aromatic nitrogens is 2. The van der Waals surface area contributed by atoms with E-state index in [9.17, 15) is 4.79 Å².